The van der Waals surface area contributed by atoms with E-state index in [-0.39, 0.29) is 12.5 Å². The summed E-state index contributed by atoms with van der Waals surface area (Å²) in [4.78, 5) is 21.0. The third-order valence-electron chi connectivity index (χ3n) is 6.54. The van der Waals surface area contributed by atoms with Gasteiger partial charge in [0.25, 0.3) is 0 Å². The molecule has 0 saturated heterocycles. The van der Waals surface area contributed by atoms with Gasteiger partial charge < -0.3 is 20.4 Å². The molecule has 0 radical (unpaired) electrons. The lowest BCUT2D eigenvalue weighted by Crippen LogP contribution is -2.18. The summed E-state index contributed by atoms with van der Waals surface area (Å²) in [5.74, 6) is -0.235. The van der Waals surface area contributed by atoms with E-state index >= 15 is 0 Å². The summed E-state index contributed by atoms with van der Waals surface area (Å²) >= 11 is 0. The number of aryl methyl sites for hydroxylation is 2. The van der Waals surface area contributed by atoms with Crippen molar-refractivity contribution in [3.63, 3.8) is 0 Å². The standard InChI is InChI=1S/C20H26N4O2.C9H11N/c1-2-26-19(25)14-24-18-8-4-3-7-15(18)16-9-12-23-17(20(16)24)13-22-11-6-5-10-21;1-2-6-9-8(4-1)5-3-7-10-9/h3-4,7-9,12,22H,2,5-6,10-11,13-14,21H2,1H3;3,5,7H,1-2,4,6H2. The minimum atomic E-state index is -0.235. The molecular weight excluding hydrogens is 450 g/mol. The molecule has 1 aliphatic rings. The second-order valence-electron chi connectivity index (χ2n) is 9.05. The Morgan fingerprint density at radius 1 is 1.03 bits per heavy atom. The van der Waals surface area contributed by atoms with E-state index in [0.717, 1.165) is 46.9 Å². The van der Waals surface area contributed by atoms with Crippen molar-refractivity contribution in [3.8, 4) is 0 Å². The van der Waals surface area contributed by atoms with Crippen LogP contribution in [-0.4, -0.2) is 40.2 Å². The zero-order valence-electron chi connectivity index (χ0n) is 21.2. The number of benzene rings is 1. The molecule has 0 saturated carbocycles. The lowest BCUT2D eigenvalue weighted by atomic mass is 9.96. The average Bonchev–Trinajstić information content (AvgIpc) is 3.23. The van der Waals surface area contributed by atoms with Crippen LogP contribution in [-0.2, 0) is 35.5 Å². The molecule has 7 nitrogen and oxygen atoms in total. The Balaban J connectivity index is 0.000000251. The number of nitrogens with two attached hydrogens (primary N) is 1. The normalized spacial score (nSPS) is 12.7. The molecule has 0 atom stereocenters. The van der Waals surface area contributed by atoms with E-state index < -0.39 is 0 Å². The summed E-state index contributed by atoms with van der Waals surface area (Å²) in [7, 11) is 0. The number of unbranched alkanes of at least 4 members (excludes halogenated alkanes) is 1. The molecule has 4 aromatic rings. The zero-order chi connectivity index (χ0) is 25.2. The van der Waals surface area contributed by atoms with Gasteiger partial charge in [0.05, 0.1) is 17.8 Å². The van der Waals surface area contributed by atoms with Crippen molar-refractivity contribution in [2.24, 2.45) is 5.73 Å². The van der Waals surface area contributed by atoms with Gasteiger partial charge in [0.15, 0.2) is 0 Å². The highest BCUT2D eigenvalue weighted by molar-refractivity contribution is 6.09. The number of pyridine rings is 2. The molecule has 3 N–H and O–H groups in total. The van der Waals surface area contributed by atoms with Gasteiger partial charge in [-0.05, 0) is 82.3 Å². The number of esters is 1. The van der Waals surface area contributed by atoms with E-state index in [1.807, 2.05) is 54.2 Å². The highest BCUT2D eigenvalue weighted by Crippen LogP contribution is 2.30. The van der Waals surface area contributed by atoms with Crippen LogP contribution in [0, 0.1) is 0 Å². The van der Waals surface area contributed by atoms with E-state index in [4.69, 9.17) is 10.5 Å². The fraction of sp³-hybridized carbons (Fsp3) is 0.414. The summed E-state index contributed by atoms with van der Waals surface area (Å²) in [6.07, 6.45) is 10.9. The molecule has 1 aromatic carbocycles. The van der Waals surface area contributed by atoms with Crippen LogP contribution in [0.2, 0.25) is 0 Å². The van der Waals surface area contributed by atoms with Crippen LogP contribution in [0.4, 0.5) is 0 Å². The predicted molar refractivity (Wildman–Crippen MR) is 145 cm³/mol. The van der Waals surface area contributed by atoms with Gasteiger partial charge in [-0.2, -0.15) is 0 Å². The molecule has 3 heterocycles. The average molecular weight is 488 g/mol. The monoisotopic (exact) mass is 487 g/mol. The smallest absolute Gasteiger partial charge is 0.325 e. The number of para-hydroxylation sites is 1. The SMILES string of the molecule is CCOC(=O)Cn1c2ccccc2c2ccnc(CNCCCCN)c21.c1cnc2c(c1)CCCC2. The van der Waals surface area contributed by atoms with Gasteiger partial charge in [-0.3, -0.25) is 14.8 Å². The van der Waals surface area contributed by atoms with Crippen LogP contribution in [0.3, 0.4) is 0 Å². The summed E-state index contributed by atoms with van der Waals surface area (Å²) in [6.45, 7) is 4.65. The second-order valence-corrected chi connectivity index (χ2v) is 9.05. The maximum absolute atomic E-state index is 12.2. The van der Waals surface area contributed by atoms with Gasteiger partial charge in [0.2, 0.25) is 0 Å². The molecule has 36 heavy (non-hydrogen) atoms. The Labute approximate surface area is 213 Å². The van der Waals surface area contributed by atoms with Gasteiger partial charge in [0, 0.05) is 40.9 Å². The van der Waals surface area contributed by atoms with Crippen molar-refractivity contribution in [1.82, 2.24) is 19.9 Å². The summed E-state index contributed by atoms with van der Waals surface area (Å²) in [5.41, 5.74) is 11.3. The molecule has 3 aromatic heterocycles. The van der Waals surface area contributed by atoms with E-state index in [2.05, 4.69) is 27.4 Å². The minimum Gasteiger partial charge on any atom is -0.465 e. The number of carbonyl (C=O) groups is 1. The van der Waals surface area contributed by atoms with E-state index in [1.54, 1.807) is 0 Å². The van der Waals surface area contributed by atoms with Crippen LogP contribution >= 0.6 is 0 Å². The topological polar surface area (TPSA) is 95.1 Å². The molecule has 5 rings (SSSR count). The third kappa shape index (κ3) is 6.28. The fourth-order valence-electron chi connectivity index (χ4n) is 4.84. The predicted octanol–water partition coefficient (Wildman–Crippen LogP) is 4.54. The zero-order valence-corrected chi connectivity index (χ0v) is 21.2. The molecule has 0 amide bonds. The molecule has 7 heteroatoms. The number of ether oxygens (including phenoxy) is 1. The van der Waals surface area contributed by atoms with Crippen molar-refractivity contribution in [2.75, 3.05) is 19.7 Å². The fourth-order valence-corrected chi connectivity index (χ4v) is 4.84. The first-order chi connectivity index (χ1) is 17.7. The van der Waals surface area contributed by atoms with Crippen molar-refractivity contribution in [2.45, 2.75) is 58.5 Å². The third-order valence-corrected chi connectivity index (χ3v) is 6.54. The van der Waals surface area contributed by atoms with Gasteiger partial charge >= 0.3 is 5.97 Å². The molecule has 0 aliphatic heterocycles. The number of fused-ring (bicyclic) bond motifs is 4. The first-order valence-corrected chi connectivity index (χ1v) is 13.1. The van der Waals surface area contributed by atoms with Crippen LogP contribution in [0.25, 0.3) is 21.8 Å². The maximum atomic E-state index is 12.2. The Bertz CT molecular complexity index is 1260. The molecular formula is C29H37N5O2. The van der Waals surface area contributed by atoms with Crippen LogP contribution in [0.15, 0.2) is 54.9 Å². The van der Waals surface area contributed by atoms with E-state index in [1.165, 1.54) is 36.9 Å². The Morgan fingerprint density at radius 3 is 2.72 bits per heavy atom. The highest BCUT2D eigenvalue weighted by Gasteiger charge is 2.17. The molecule has 1 aliphatic carbocycles. The van der Waals surface area contributed by atoms with Crippen molar-refractivity contribution in [1.29, 1.82) is 0 Å². The highest BCUT2D eigenvalue weighted by atomic mass is 16.5. The number of hydrogen-bond acceptors (Lipinski definition) is 6. The Kier molecular flexibility index (Phi) is 9.41. The number of nitrogens with zero attached hydrogens (tertiary/aromatic N) is 3. The summed E-state index contributed by atoms with van der Waals surface area (Å²) in [6, 6.07) is 14.4. The second kappa shape index (κ2) is 13.1. The molecule has 0 spiro atoms. The maximum Gasteiger partial charge on any atom is 0.325 e. The van der Waals surface area contributed by atoms with Gasteiger partial charge in [0.1, 0.15) is 6.54 Å². The number of carbonyl (C=O) groups excluding carboxylic acids is 1. The van der Waals surface area contributed by atoms with Crippen molar-refractivity contribution in [3.05, 3.63) is 71.8 Å². The van der Waals surface area contributed by atoms with Gasteiger partial charge in [-0.15, -0.1) is 0 Å². The van der Waals surface area contributed by atoms with Crippen LogP contribution < -0.4 is 11.1 Å². The number of hydrogen-bond donors (Lipinski definition) is 2. The molecule has 190 valence electrons. The molecule has 0 fully saturated rings. The number of aromatic nitrogens is 3. The lowest BCUT2D eigenvalue weighted by molar-refractivity contribution is -0.143. The number of rotatable bonds is 9. The van der Waals surface area contributed by atoms with E-state index in [9.17, 15) is 4.79 Å². The van der Waals surface area contributed by atoms with Crippen LogP contribution in [0.5, 0.6) is 0 Å². The number of nitrogens with one attached hydrogen (secondary N) is 1. The van der Waals surface area contributed by atoms with Gasteiger partial charge in [-0.25, -0.2) is 0 Å². The van der Waals surface area contributed by atoms with Gasteiger partial charge in [-0.1, -0.05) is 24.3 Å². The van der Waals surface area contributed by atoms with Crippen molar-refractivity contribution < 1.29 is 9.53 Å². The largest absolute Gasteiger partial charge is 0.465 e. The quantitative estimate of drug-likeness (QED) is 0.266. The minimum absolute atomic E-state index is 0.184. The lowest BCUT2D eigenvalue weighted by Gasteiger charge is -2.12. The molecule has 0 unspecified atom stereocenters. The Morgan fingerprint density at radius 2 is 1.89 bits per heavy atom. The summed E-state index contributed by atoms with van der Waals surface area (Å²) < 4.78 is 7.19. The Hall–Kier alpha value is -3.29. The first kappa shape index (κ1) is 25.8. The van der Waals surface area contributed by atoms with Crippen molar-refractivity contribution >= 4 is 27.8 Å². The van der Waals surface area contributed by atoms with E-state index in [0.29, 0.717) is 19.7 Å². The first-order valence-electron chi connectivity index (χ1n) is 13.1. The summed E-state index contributed by atoms with van der Waals surface area (Å²) in [5, 5.41) is 5.66. The molecule has 0 bridgehead atoms. The van der Waals surface area contributed by atoms with Crippen LogP contribution in [0.1, 0.15) is 49.6 Å².